The van der Waals surface area contributed by atoms with E-state index in [0.29, 0.717) is 30.4 Å². The highest BCUT2D eigenvalue weighted by molar-refractivity contribution is 6.06. The lowest BCUT2D eigenvalue weighted by Crippen LogP contribution is -2.39. The van der Waals surface area contributed by atoms with E-state index >= 15 is 0 Å². The highest BCUT2D eigenvalue weighted by atomic mass is 16.5. The zero-order chi connectivity index (χ0) is 24.6. The van der Waals surface area contributed by atoms with Crippen molar-refractivity contribution in [2.45, 2.75) is 31.9 Å². The van der Waals surface area contributed by atoms with Gasteiger partial charge in [-0.2, -0.15) is 0 Å². The second-order valence-corrected chi connectivity index (χ2v) is 9.35. The van der Waals surface area contributed by atoms with Crippen molar-refractivity contribution in [2.75, 3.05) is 13.2 Å². The fraction of sp³-hybridized carbons (Fsp3) is 0.241. The number of aromatic nitrogens is 4. The molecule has 4 heterocycles. The van der Waals surface area contributed by atoms with E-state index in [2.05, 4.69) is 27.1 Å². The van der Waals surface area contributed by atoms with E-state index in [0.717, 1.165) is 38.9 Å². The Balaban J connectivity index is 1.42. The average Bonchev–Trinajstić information content (AvgIpc) is 2.91. The standard InChI is InChI=1S/C29H26N4O3/c1-18-6-8-20(15-30-18)25-9-7-19(14-31-25)12-21-13-24-28(23-5-3-2-4-22(21)23)32-17-33(29(24)35)26-10-11-36-16-27(26)34/h2-9,13-15,17,26-27,34H,10-12,16H2,1H3/t26?,27-/m0/s1. The highest BCUT2D eigenvalue weighted by Gasteiger charge is 2.27. The number of ether oxygens (including phenoxy) is 1. The Morgan fingerprint density at radius 3 is 2.61 bits per heavy atom. The van der Waals surface area contributed by atoms with Gasteiger partial charge in [-0.1, -0.05) is 30.3 Å². The van der Waals surface area contributed by atoms with Crippen LogP contribution in [0.5, 0.6) is 0 Å². The van der Waals surface area contributed by atoms with Crippen molar-refractivity contribution in [1.29, 1.82) is 0 Å². The van der Waals surface area contributed by atoms with E-state index in [1.165, 1.54) is 0 Å². The van der Waals surface area contributed by atoms with Crippen LogP contribution in [0.4, 0.5) is 0 Å². The normalized spacial score (nSPS) is 18.1. The van der Waals surface area contributed by atoms with Crippen molar-refractivity contribution in [2.24, 2.45) is 0 Å². The third kappa shape index (κ3) is 4.06. The van der Waals surface area contributed by atoms with Crippen molar-refractivity contribution in [3.63, 3.8) is 0 Å². The van der Waals surface area contributed by atoms with E-state index in [1.54, 1.807) is 10.9 Å². The van der Waals surface area contributed by atoms with Crippen LogP contribution in [0.1, 0.15) is 29.3 Å². The molecule has 0 radical (unpaired) electrons. The average molecular weight is 479 g/mol. The number of aryl methyl sites for hydroxylation is 1. The van der Waals surface area contributed by atoms with Crippen LogP contribution < -0.4 is 5.56 Å². The molecule has 1 saturated heterocycles. The summed E-state index contributed by atoms with van der Waals surface area (Å²) in [6.07, 6.45) is 5.76. The van der Waals surface area contributed by atoms with E-state index in [1.807, 2.05) is 61.8 Å². The summed E-state index contributed by atoms with van der Waals surface area (Å²) in [5.41, 5.74) is 5.44. The number of fused-ring (bicyclic) bond motifs is 3. The molecule has 3 aromatic heterocycles. The second kappa shape index (κ2) is 9.26. The first-order chi connectivity index (χ1) is 17.6. The molecule has 1 aliphatic rings. The quantitative estimate of drug-likeness (QED) is 0.389. The van der Waals surface area contributed by atoms with Crippen LogP contribution in [0.25, 0.3) is 32.9 Å². The SMILES string of the molecule is Cc1ccc(-c2ccc(Cc3cc4c(=O)n(C5CCOC[C@@H]5O)cnc4c4ccccc34)cn2)cn1. The summed E-state index contributed by atoms with van der Waals surface area (Å²) in [6.45, 7) is 2.70. The van der Waals surface area contributed by atoms with Gasteiger partial charge in [-0.25, -0.2) is 4.98 Å². The molecule has 0 aliphatic carbocycles. The van der Waals surface area contributed by atoms with Gasteiger partial charge in [0, 0.05) is 35.6 Å². The number of rotatable bonds is 4. The van der Waals surface area contributed by atoms with Crippen LogP contribution in [-0.2, 0) is 11.2 Å². The summed E-state index contributed by atoms with van der Waals surface area (Å²) in [6, 6.07) is 17.7. The molecule has 1 N–H and O–H groups in total. The van der Waals surface area contributed by atoms with Crippen LogP contribution in [0.2, 0.25) is 0 Å². The Labute approximate surface area is 208 Å². The summed E-state index contributed by atoms with van der Waals surface area (Å²) in [5, 5.41) is 13.0. The predicted molar refractivity (Wildman–Crippen MR) is 139 cm³/mol. The topological polar surface area (TPSA) is 90.1 Å². The molecule has 1 unspecified atom stereocenters. The van der Waals surface area contributed by atoms with Crippen molar-refractivity contribution >= 4 is 21.7 Å². The Morgan fingerprint density at radius 1 is 1.00 bits per heavy atom. The number of aliphatic hydroxyl groups excluding tert-OH is 1. The number of hydrogen-bond donors (Lipinski definition) is 1. The third-order valence-corrected chi connectivity index (χ3v) is 6.95. The largest absolute Gasteiger partial charge is 0.389 e. The van der Waals surface area contributed by atoms with Gasteiger partial charge in [0.1, 0.15) is 0 Å². The minimum atomic E-state index is -0.732. The van der Waals surface area contributed by atoms with Gasteiger partial charge in [-0.05, 0) is 60.5 Å². The smallest absolute Gasteiger partial charge is 0.261 e. The van der Waals surface area contributed by atoms with Crippen LogP contribution >= 0.6 is 0 Å². The lowest BCUT2D eigenvalue weighted by Gasteiger charge is -2.29. The maximum atomic E-state index is 13.6. The van der Waals surface area contributed by atoms with E-state index in [9.17, 15) is 9.90 Å². The van der Waals surface area contributed by atoms with Gasteiger partial charge >= 0.3 is 0 Å². The zero-order valence-electron chi connectivity index (χ0n) is 20.0. The monoisotopic (exact) mass is 478 g/mol. The number of nitrogens with zero attached hydrogens (tertiary/aromatic N) is 4. The van der Waals surface area contributed by atoms with Gasteiger partial charge in [0.2, 0.25) is 0 Å². The Hall–Kier alpha value is -3.94. The number of benzene rings is 2. The molecule has 7 heteroatoms. The summed E-state index contributed by atoms with van der Waals surface area (Å²) in [4.78, 5) is 27.3. The summed E-state index contributed by atoms with van der Waals surface area (Å²) < 4.78 is 6.92. The molecular weight excluding hydrogens is 452 g/mol. The van der Waals surface area contributed by atoms with Crippen molar-refractivity contribution in [3.05, 3.63) is 100 Å². The Kier molecular flexibility index (Phi) is 5.79. The van der Waals surface area contributed by atoms with E-state index < -0.39 is 6.10 Å². The highest BCUT2D eigenvalue weighted by Crippen LogP contribution is 2.29. The molecule has 5 aromatic rings. The molecule has 2 aromatic carbocycles. The predicted octanol–water partition coefficient (Wildman–Crippen LogP) is 4.23. The van der Waals surface area contributed by atoms with Gasteiger partial charge in [-0.3, -0.25) is 19.3 Å². The lowest BCUT2D eigenvalue weighted by atomic mass is 9.96. The molecule has 0 saturated carbocycles. The fourth-order valence-electron chi connectivity index (χ4n) is 5.01. The van der Waals surface area contributed by atoms with Crippen LogP contribution in [0.15, 0.2) is 78.1 Å². The Bertz CT molecular complexity index is 1610. The van der Waals surface area contributed by atoms with Gasteiger partial charge in [-0.15, -0.1) is 0 Å². The van der Waals surface area contributed by atoms with Gasteiger partial charge in [0.15, 0.2) is 0 Å². The second-order valence-electron chi connectivity index (χ2n) is 9.35. The number of aliphatic hydroxyl groups is 1. The summed E-state index contributed by atoms with van der Waals surface area (Å²) >= 11 is 0. The van der Waals surface area contributed by atoms with E-state index in [-0.39, 0.29) is 18.2 Å². The van der Waals surface area contributed by atoms with Crippen LogP contribution in [-0.4, -0.2) is 43.9 Å². The maximum absolute atomic E-state index is 13.6. The molecule has 1 fully saturated rings. The molecule has 1 aliphatic heterocycles. The molecule has 180 valence electrons. The molecule has 0 spiro atoms. The molecule has 0 bridgehead atoms. The summed E-state index contributed by atoms with van der Waals surface area (Å²) in [5.74, 6) is 0. The molecule has 6 rings (SSSR count). The first-order valence-corrected chi connectivity index (χ1v) is 12.1. The molecule has 36 heavy (non-hydrogen) atoms. The van der Waals surface area contributed by atoms with Crippen molar-refractivity contribution < 1.29 is 9.84 Å². The first-order valence-electron chi connectivity index (χ1n) is 12.1. The van der Waals surface area contributed by atoms with Gasteiger partial charge in [0.05, 0.1) is 41.7 Å². The molecule has 2 atom stereocenters. The molecule has 0 amide bonds. The Morgan fingerprint density at radius 2 is 1.86 bits per heavy atom. The first kappa shape index (κ1) is 22.5. The van der Waals surface area contributed by atoms with Crippen LogP contribution in [0, 0.1) is 6.92 Å². The molecule has 7 nitrogen and oxygen atoms in total. The fourth-order valence-corrected chi connectivity index (χ4v) is 5.01. The third-order valence-electron chi connectivity index (χ3n) is 6.95. The maximum Gasteiger partial charge on any atom is 0.261 e. The minimum Gasteiger partial charge on any atom is -0.389 e. The summed E-state index contributed by atoms with van der Waals surface area (Å²) in [7, 11) is 0. The number of pyridine rings is 2. The van der Waals surface area contributed by atoms with Crippen molar-refractivity contribution in [3.8, 4) is 11.3 Å². The van der Waals surface area contributed by atoms with Gasteiger partial charge in [0.25, 0.3) is 5.56 Å². The number of hydrogen-bond acceptors (Lipinski definition) is 6. The van der Waals surface area contributed by atoms with E-state index in [4.69, 9.17) is 4.74 Å². The van der Waals surface area contributed by atoms with Crippen LogP contribution in [0.3, 0.4) is 0 Å². The molecular formula is C29H26N4O3. The van der Waals surface area contributed by atoms with Crippen molar-refractivity contribution in [1.82, 2.24) is 19.5 Å². The lowest BCUT2D eigenvalue weighted by molar-refractivity contribution is -0.0395. The zero-order valence-corrected chi connectivity index (χ0v) is 20.0. The van der Waals surface area contributed by atoms with Gasteiger partial charge < -0.3 is 9.84 Å². The minimum absolute atomic E-state index is 0.140.